The molecule has 5 heteroatoms. The van der Waals surface area contributed by atoms with Gasteiger partial charge in [0.2, 0.25) is 5.91 Å². The van der Waals surface area contributed by atoms with Crippen molar-refractivity contribution in [3.8, 4) is 0 Å². The number of nitrogens with two attached hydrogens (primary N) is 1. The minimum absolute atomic E-state index is 0.340. The Bertz CT molecular complexity index is 187. The van der Waals surface area contributed by atoms with Crippen molar-refractivity contribution >= 4 is 5.91 Å². The largest absolute Gasteiger partial charge is 0.368 e. The quantitative estimate of drug-likeness (QED) is 0.711. The molecule has 0 aromatic rings. The monoisotopic (exact) mass is 192 g/mol. The van der Waals surface area contributed by atoms with Crippen LogP contribution in [0.1, 0.15) is 19.3 Å². The van der Waals surface area contributed by atoms with Gasteiger partial charge in [0.1, 0.15) is 0 Å². The number of nitrogens with zero attached hydrogens (tertiary/aromatic N) is 1. The van der Waals surface area contributed by atoms with Crippen molar-refractivity contribution in [3.05, 3.63) is 0 Å². The first-order chi connectivity index (χ1) is 6.11. The molecule has 1 rings (SSSR count). The van der Waals surface area contributed by atoms with E-state index < -0.39 is 18.4 Å². The van der Waals surface area contributed by atoms with E-state index in [1.54, 1.807) is 0 Å². The van der Waals surface area contributed by atoms with Crippen molar-refractivity contribution in [3.63, 3.8) is 0 Å². The van der Waals surface area contributed by atoms with E-state index in [4.69, 9.17) is 5.73 Å². The molecule has 2 N–H and O–H groups in total. The zero-order valence-corrected chi connectivity index (χ0v) is 7.38. The normalized spacial score (nSPS) is 25.0. The standard InChI is InChI=1S/C8H14F2N2O/c9-7(10)5-12-4-2-1-3-6(12)8(11)13/h6-7H,1-5H2,(H2,11,13). The highest BCUT2D eigenvalue weighted by Gasteiger charge is 2.28. The minimum atomic E-state index is -2.39. The number of hydrogen-bond acceptors (Lipinski definition) is 2. The summed E-state index contributed by atoms with van der Waals surface area (Å²) in [5.41, 5.74) is 5.11. The third-order valence-electron chi connectivity index (χ3n) is 2.31. The molecule has 0 bridgehead atoms. The zero-order chi connectivity index (χ0) is 9.84. The number of carbonyl (C=O) groups is 1. The fraction of sp³-hybridized carbons (Fsp3) is 0.875. The molecule has 13 heavy (non-hydrogen) atoms. The van der Waals surface area contributed by atoms with Crippen LogP contribution in [-0.2, 0) is 4.79 Å². The van der Waals surface area contributed by atoms with Crippen LogP contribution < -0.4 is 5.73 Å². The number of hydrogen-bond donors (Lipinski definition) is 1. The van der Waals surface area contributed by atoms with Gasteiger partial charge in [0, 0.05) is 0 Å². The molecule has 1 heterocycles. The molecule has 1 saturated heterocycles. The molecule has 0 aliphatic carbocycles. The van der Waals surface area contributed by atoms with Gasteiger partial charge < -0.3 is 5.73 Å². The number of amides is 1. The number of rotatable bonds is 3. The van der Waals surface area contributed by atoms with E-state index in [1.165, 1.54) is 4.90 Å². The summed E-state index contributed by atoms with van der Waals surface area (Å²) in [6.07, 6.45) is -0.00808. The number of alkyl halides is 2. The highest BCUT2D eigenvalue weighted by Crippen LogP contribution is 2.17. The molecular weight excluding hydrogens is 178 g/mol. The van der Waals surface area contributed by atoms with Crippen molar-refractivity contribution in [2.45, 2.75) is 31.7 Å². The average Bonchev–Trinajstić information content (AvgIpc) is 2.03. The lowest BCUT2D eigenvalue weighted by Crippen LogP contribution is -2.49. The van der Waals surface area contributed by atoms with Crippen LogP contribution in [0.4, 0.5) is 8.78 Å². The van der Waals surface area contributed by atoms with E-state index in [0.717, 1.165) is 12.8 Å². The average molecular weight is 192 g/mol. The number of likely N-dealkylation sites (tertiary alicyclic amines) is 1. The first-order valence-electron chi connectivity index (χ1n) is 4.43. The summed E-state index contributed by atoms with van der Waals surface area (Å²) in [6, 6.07) is -0.484. The Morgan fingerprint density at radius 2 is 2.23 bits per heavy atom. The lowest BCUT2D eigenvalue weighted by molar-refractivity contribution is -0.125. The van der Waals surface area contributed by atoms with Crippen molar-refractivity contribution in [2.75, 3.05) is 13.1 Å². The van der Waals surface area contributed by atoms with Gasteiger partial charge in [0.15, 0.2) is 0 Å². The summed E-state index contributed by atoms with van der Waals surface area (Å²) in [5.74, 6) is -0.486. The molecule has 0 aromatic carbocycles. The summed E-state index contributed by atoms with van der Waals surface area (Å²) < 4.78 is 24.1. The predicted molar refractivity (Wildman–Crippen MR) is 44.4 cm³/mol. The summed E-state index contributed by atoms with van der Waals surface area (Å²) >= 11 is 0. The van der Waals surface area contributed by atoms with Crippen LogP contribution in [0.3, 0.4) is 0 Å². The Kier molecular flexibility index (Phi) is 3.59. The zero-order valence-electron chi connectivity index (χ0n) is 7.38. The first kappa shape index (κ1) is 10.4. The van der Waals surface area contributed by atoms with Crippen LogP contribution in [0, 0.1) is 0 Å². The lowest BCUT2D eigenvalue weighted by Gasteiger charge is -2.33. The van der Waals surface area contributed by atoms with Gasteiger partial charge in [-0.25, -0.2) is 8.78 Å². The highest BCUT2D eigenvalue weighted by molar-refractivity contribution is 5.79. The summed E-state index contributed by atoms with van der Waals surface area (Å²) in [4.78, 5) is 12.4. The molecular formula is C8H14F2N2O. The molecule has 0 aromatic heterocycles. The summed E-state index contributed by atoms with van der Waals surface area (Å²) in [7, 11) is 0. The number of piperidine rings is 1. The fourth-order valence-corrected chi connectivity index (χ4v) is 1.71. The predicted octanol–water partition coefficient (Wildman–Crippen LogP) is 0.591. The van der Waals surface area contributed by atoms with E-state index in [9.17, 15) is 13.6 Å². The second kappa shape index (κ2) is 4.50. The smallest absolute Gasteiger partial charge is 0.251 e. The molecule has 1 fully saturated rings. The van der Waals surface area contributed by atoms with E-state index >= 15 is 0 Å². The van der Waals surface area contributed by atoms with Crippen molar-refractivity contribution in [2.24, 2.45) is 5.73 Å². The Labute approximate surface area is 75.9 Å². The van der Waals surface area contributed by atoms with Gasteiger partial charge >= 0.3 is 0 Å². The number of carbonyl (C=O) groups excluding carboxylic acids is 1. The Balaban J connectivity index is 2.51. The van der Waals surface area contributed by atoms with E-state index in [1.807, 2.05) is 0 Å². The molecule has 0 radical (unpaired) electrons. The molecule has 0 spiro atoms. The second-order valence-corrected chi connectivity index (χ2v) is 3.30. The summed E-state index contributed by atoms with van der Waals surface area (Å²) in [6.45, 7) is 0.214. The van der Waals surface area contributed by atoms with Crippen LogP contribution in [0.15, 0.2) is 0 Å². The second-order valence-electron chi connectivity index (χ2n) is 3.30. The molecule has 76 valence electrons. The maximum atomic E-state index is 12.1. The van der Waals surface area contributed by atoms with Crippen molar-refractivity contribution in [1.29, 1.82) is 0 Å². The van der Waals surface area contributed by atoms with Gasteiger partial charge in [-0.3, -0.25) is 9.69 Å². The van der Waals surface area contributed by atoms with Crippen LogP contribution in [0.5, 0.6) is 0 Å². The van der Waals surface area contributed by atoms with Gasteiger partial charge in [-0.2, -0.15) is 0 Å². The summed E-state index contributed by atoms with van der Waals surface area (Å²) in [5, 5.41) is 0. The number of halogens is 2. The highest BCUT2D eigenvalue weighted by atomic mass is 19.3. The van der Waals surface area contributed by atoms with Crippen molar-refractivity contribution in [1.82, 2.24) is 4.90 Å². The van der Waals surface area contributed by atoms with Crippen LogP contribution >= 0.6 is 0 Å². The van der Waals surface area contributed by atoms with E-state index in [2.05, 4.69) is 0 Å². The lowest BCUT2D eigenvalue weighted by atomic mass is 10.0. The third-order valence-corrected chi connectivity index (χ3v) is 2.31. The Hall–Kier alpha value is -0.710. The fourth-order valence-electron chi connectivity index (χ4n) is 1.71. The maximum Gasteiger partial charge on any atom is 0.251 e. The van der Waals surface area contributed by atoms with Gasteiger partial charge in [-0.15, -0.1) is 0 Å². The SMILES string of the molecule is NC(=O)C1CCCCN1CC(F)F. The molecule has 1 amide bonds. The van der Waals surface area contributed by atoms with Crippen LogP contribution in [0.25, 0.3) is 0 Å². The Morgan fingerprint density at radius 1 is 1.54 bits per heavy atom. The molecule has 0 saturated carbocycles. The van der Waals surface area contributed by atoms with Gasteiger partial charge in [-0.05, 0) is 19.4 Å². The number of primary amides is 1. The van der Waals surface area contributed by atoms with Crippen LogP contribution in [-0.4, -0.2) is 36.4 Å². The molecule has 1 unspecified atom stereocenters. The van der Waals surface area contributed by atoms with Crippen LogP contribution in [0.2, 0.25) is 0 Å². The maximum absolute atomic E-state index is 12.1. The molecule has 3 nitrogen and oxygen atoms in total. The molecule has 1 aliphatic rings. The topological polar surface area (TPSA) is 46.3 Å². The first-order valence-corrected chi connectivity index (χ1v) is 4.43. The molecule has 1 aliphatic heterocycles. The van der Waals surface area contributed by atoms with Crippen molar-refractivity contribution < 1.29 is 13.6 Å². The third kappa shape index (κ3) is 2.91. The van der Waals surface area contributed by atoms with E-state index in [-0.39, 0.29) is 6.54 Å². The van der Waals surface area contributed by atoms with E-state index in [0.29, 0.717) is 13.0 Å². The van der Waals surface area contributed by atoms with Gasteiger partial charge in [0.05, 0.1) is 12.6 Å². The minimum Gasteiger partial charge on any atom is -0.368 e. The van der Waals surface area contributed by atoms with Gasteiger partial charge in [-0.1, -0.05) is 6.42 Å². The molecule has 1 atom stereocenters. The van der Waals surface area contributed by atoms with Gasteiger partial charge in [0.25, 0.3) is 6.43 Å². The Morgan fingerprint density at radius 3 is 2.77 bits per heavy atom.